The molecule has 3 nitrogen and oxygen atoms in total. The lowest BCUT2D eigenvalue weighted by Gasteiger charge is -2.11. The Labute approximate surface area is 159 Å². The van der Waals surface area contributed by atoms with Gasteiger partial charge in [-0.1, -0.05) is 90.2 Å². The van der Waals surface area contributed by atoms with E-state index in [1.165, 1.54) is 76.7 Å². The molecule has 0 radical (unpaired) electrons. The van der Waals surface area contributed by atoms with E-state index in [0.717, 1.165) is 18.4 Å². The first kappa shape index (κ1) is 22.3. The highest BCUT2D eigenvalue weighted by atomic mass is 16.3. The first-order valence-corrected chi connectivity index (χ1v) is 10.4. The Bertz CT molecular complexity index is 525. The highest BCUT2D eigenvalue weighted by molar-refractivity contribution is 5.99. The molecule has 1 aromatic carbocycles. The number of aromatic hydroxyl groups is 1. The van der Waals surface area contributed by atoms with Crippen LogP contribution in [0.4, 0.5) is 5.69 Å². The second-order valence-corrected chi connectivity index (χ2v) is 7.14. The van der Waals surface area contributed by atoms with Crippen LogP contribution in [0.3, 0.4) is 0 Å². The number of nitrogens with one attached hydrogen (secondary N) is 1. The molecule has 2 N–H and O–H groups in total. The molecule has 0 saturated heterocycles. The summed E-state index contributed by atoms with van der Waals surface area (Å²) in [5.41, 5.74) is 1.52. The predicted molar refractivity (Wildman–Crippen MR) is 112 cm³/mol. The first-order chi connectivity index (χ1) is 12.7. The summed E-state index contributed by atoms with van der Waals surface area (Å²) < 4.78 is 0. The van der Waals surface area contributed by atoms with Gasteiger partial charge in [-0.2, -0.15) is 0 Å². The van der Waals surface area contributed by atoms with E-state index in [2.05, 4.69) is 18.8 Å². The minimum Gasteiger partial charge on any atom is -0.508 e. The van der Waals surface area contributed by atoms with E-state index in [0.29, 0.717) is 5.69 Å². The summed E-state index contributed by atoms with van der Waals surface area (Å²) in [6.45, 7) is 5.73. The van der Waals surface area contributed by atoms with Gasteiger partial charge in [0.05, 0.1) is 0 Å². The molecule has 1 aromatic rings. The maximum atomic E-state index is 11.5. The largest absolute Gasteiger partial charge is 0.508 e. The zero-order valence-electron chi connectivity index (χ0n) is 16.6. The molecule has 0 spiro atoms. The second-order valence-electron chi connectivity index (χ2n) is 7.14. The van der Waals surface area contributed by atoms with Crippen molar-refractivity contribution >= 4 is 11.6 Å². The Morgan fingerprint density at radius 1 is 0.962 bits per heavy atom. The van der Waals surface area contributed by atoms with Crippen LogP contribution in [0.15, 0.2) is 30.9 Å². The Morgan fingerprint density at radius 3 is 2.04 bits per heavy atom. The van der Waals surface area contributed by atoms with Crippen molar-refractivity contribution < 1.29 is 9.90 Å². The standard InChI is InChI=1S/C23H37NO2/c1-3-5-6-7-8-9-10-11-12-13-14-15-17-20-21(24-23(26)4-2)18-16-19-22(20)25/h4,16,18-19,25H,2-3,5-15,17H2,1H3,(H,24,26). The van der Waals surface area contributed by atoms with E-state index in [1.807, 2.05) is 6.07 Å². The van der Waals surface area contributed by atoms with E-state index in [-0.39, 0.29) is 11.7 Å². The summed E-state index contributed by atoms with van der Waals surface area (Å²) in [7, 11) is 0. The highest BCUT2D eigenvalue weighted by Crippen LogP contribution is 2.27. The lowest BCUT2D eigenvalue weighted by Crippen LogP contribution is -2.09. The third-order valence-electron chi connectivity index (χ3n) is 4.87. The van der Waals surface area contributed by atoms with Crippen molar-refractivity contribution in [3.63, 3.8) is 0 Å². The van der Waals surface area contributed by atoms with Crippen LogP contribution in [0.2, 0.25) is 0 Å². The van der Waals surface area contributed by atoms with Crippen molar-refractivity contribution in [1.29, 1.82) is 0 Å². The van der Waals surface area contributed by atoms with E-state index >= 15 is 0 Å². The van der Waals surface area contributed by atoms with Gasteiger partial charge in [0.15, 0.2) is 0 Å². The molecule has 146 valence electrons. The number of unbranched alkanes of at least 4 members (excludes halogenated alkanes) is 11. The molecular formula is C23H37NO2. The van der Waals surface area contributed by atoms with Gasteiger partial charge in [-0.25, -0.2) is 0 Å². The topological polar surface area (TPSA) is 49.3 Å². The average Bonchev–Trinajstić information content (AvgIpc) is 2.64. The van der Waals surface area contributed by atoms with Crippen molar-refractivity contribution in [2.75, 3.05) is 5.32 Å². The molecular weight excluding hydrogens is 322 g/mol. The minimum atomic E-state index is -0.244. The quantitative estimate of drug-likeness (QED) is 0.268. The van der Waals surface area contributed by atoms with E-state index in [1.54, 1.807) is 12.1 Å². The number of hydrogen-bond donors (Lipinski definition) is 2. The zero-order valence-corrected chi connectivity index (χ0v) is 16.6. The van der Waals surface area contributed by atoms with Crippen LogP contribution < -0.4 is 5.32 Å². The van der Waals surface area contributed by atoms with Gasteiger partial charge in [0, 0.05) is 11.3 Å². The van der Waals surface area contributed by atoms with Crippen LogP contribution in [-0.2, 0) is 11.2 Å². The molecule has 0 heterocycles. The number of phenols is 1. The molecule has 0 fully saturated rings. The molecule has 0 aliphatic rings. The summed E-state index contributed by atoms with van der Waals surface area (Å²) in [5.74, 6) is 0.0153. The molecule has 0 bridgehead atoms. The zero-order chi connectivity index (χ0) is 19.0. The molecule has 0 aliphatic heterocycles. The van der Waals surface area contributed by atoms with E-state index < -0.39 is 0 Å². The van der Waals surface area contributed by atoms with E-state index in [9.17, 15) is 9.90 Å². The summed E-state index contributed by atoms with van der Waals surface area (Å²) in [6, 6.07) is 5.26. The highest BCUT2D eigenvalue weighted by Gasteiger charge is 2.09. The minimum absolute atomic E-state index is 0.244. The molecule has 0 unspecified atom stereocenters. The molecule has 26 heavy (non-hydrogen) atoms. The number of hydrogen-bond acceptors (Lipinski definition) is 2. The fraction of sp³-hybridized carbons (Fsp3) is 0.609. The number of amides is 1. The van der Waals surface area contributed by atoms with Crippen molar-refractivity contribution in [2.45, 2.75) is 90.4 Å². The lowest BCUT2D eigenvalue weighted by atomic mass is 10.0. The van der Waals surface area contributed by atoms with Gasteiger partial charge in [-0.15, -0.1) is 0 Å². The number of carbonyl (C=O) groups excluding carboxylic acids is 1. The number of rotatable bonds is 15. The van der Waals surface area contributed by atoms with Crippen LogP contribution in [0.25, 0.3) is 0 Å². The number of benzene rings is 1. The third-order valence-corrected chi connectivity index (χ3v) is 4.87. The van der Waals surface area contributed by atoms with Crippen molar-refractivity contribution in [3.8, 4) is 5.75 Å². The number of carbonyl (C=O) groups is 1. The van der Waals surface area contributed by atoms with Gasteiger partial charge in [0.25, 0.3) is 0 Å². The van der Waals surface area contributed by atoms with Crippen LogP contribution >= 0.6 is 0 Å². The van der Waals surface area contributed by atoms with Gasteiger partial charge >= 0.3 is 0 Å². The third kappa shape index (κ3) is 9.65. The van der Waals surface area contributed by atoms with Crippen LogP contribution in [0, 0.1) is 0 Å². The Balaban J connectivity index is 2.14. The molecule has 0 aliphatic carbocycles. The van der Waals surface area contributed by atoms with Gasteiger partial charge in [0.2, 0.25) is 5.91 Å². The van der Waals surface area contributed by atoms with Crippen LogP contribution in [0.1, 0.15) is 89.5 Å². The number of anilines is 1. The SMILES string of the molecule is C=CC(=O)Nc1cccc(O)c1CCCCCCCCCCCCCC. The monoisotopic (exact) mass is 359 g/mol. The molecule has 3 heteroatoms. The molecule has 0 aromatic heterocycles. The second kappa shape index (κ2) is 14.4. The van der Waals surface area contributed by atoms with E-state index in [4.69, 9.17) is 0 Å². The van der Waals surface area contributed by atoms with Gasteiger partial charge < -0.3 is 10.4 Å². The average molecular weight is 360 g/mol. The van der Waals surface area contributed by atoms with Gasteiger partial charge in [-0.05, 0) is 31.1 Å². The summed E-state index contributed by atoms with van der Waals surface area (Å²) >= 11 is 0. The fourth-order valence-electron chi connectivity index (χ4n) is 3.28. The first-order valence-electron chi connectivity index (χ1n) is 10.4. The van der Waals surface area contributed by atoms with Crippen molar-refractivity contribution in [2.24, 2.45) is 0 Å². The maximum absolute atomic E-state index is 11.5. The van der Waals surface area contributed by atoms with Crippen molar-refractivity contribution in [3.05, 3.63) is 36.4 Å². The molecule has 0 atom stereocenters. The number of phenolic OH excluding ortho intramolecular Hbond substituents is 1. The predicted octanol–water partition coefficient (Wildman–Crippen LogP) is 6.76. The summed E-state index contributed by atoms with van der Waals surface area (Å²) in [6.07, 6.45) is 17.8. The smallest absolute Gasteiger partial charge is 0.247 e. The van der Waals surface area contributed by atoms with Crippen LogP contribution in [-0.4, -0.2) is 11.0 Å². The summed E-state index contributed by atoms with van der Waals surface area (Å²) in [5, 5.41) is 12.9. The normalized spacial score (nSPS) is 10.7. The lowest BCUT2D eigenvalue weighted by molar-refractivity contribution is -0.111. The molecule has 0 saturated carbocycles. The molecule has 1 amide bonds. The van der Waals surface area contributed by atoms with Crippen LogP contribution in [0.5, 0.6) is 5.75 Å². The Kier molecular flexibility index (Phi) is 12.3. The van der Waals surface area contributed by atoms with Gasteiger partial charge in [0.1, 0.15) is 5.75 Å². The molecule has 1 rings (SSSR count). The Morgan fingerprint density at radius 2 is 1.50 bits per heavy atom. The fourth-order valence-corrected chi connectivity index (χ4v) is 3.28. The maximum Gasteiger partial charge on any atom is 0.247 e. The van der Waals surface area contributed by atoms with Crippen molar-refractivity contribution in [1.82, 2.24) is 0 Å². The Hall–Kier alpha value is -1.77. The summed E-state index contributed by atoms with van der Waals surface area (Å²) in [4.78, 5) is 11.5. The van der Waals surface area contributed by atoms with Gasteiger partial charge in [-0.3, -0.25) is 4.79 Å².